The van der Waals surface area contributed by atoms with Crippen LogP contribution in [-0.4, -0.2) is 17.5 Å². The van der Waals surface area contributed by atoms with Crippen LogP contribution in [0.1, 0.15) is 19.3 Å². The summed E-state index contributed by atoms with van der Waals surface area (Å²) >= 11 is 4.57. The van der Waals surface area contributed by atoms with Gasteiger partial charge >= 0.3 is 0 Å². The maximum absolute atomic E-state index is 6.13. The first-order chi connectivity index (χ1) is 5.20. The molecule has 2 bridgehead atoms. The summed E-state index contributed by atoms with van der Waals surface area (Å²) in [6, 6.07) is 0.488. The molecule has 66 valence electrons. The Morgan fingerprint density at radius 1 is 1.36 bits per heavy atom. The molecule has 0 amide bonds. The summed E-state index contributed by atoms with van der Waals surface area (Å²) in [5, 5.41) is 0.770. The van der Waals surface area contributed by atoms with Gasteiger partial charge in [-0.2, -0.15) is 0 Å². The SMILES string of the molecule is C[SH](S)C1C2CCC(C2)C1N. The second-order valence-corrected chi connectivity index (χ2v) is 7.61. The normalized spacial score (nSPS) is 53.2. The van der Waals surface area contributed by atoms with E-state index in [0.29, 0.717) is 6.04 Å². The van der Waals surface area contributed by atoms with E-state index in [-0.39, 0.29) is 9.93 Å². The van der Waals surface area contributed by atoms with E-state index in [4.69, 9.17) is 5.73 Å². The molecular formula is C8H17NS2. The Hall–Kier alpha value is 0.660. The lowest BCUT2D eigenvalue weighted by Crippen LogP contribution is -2.38. The van der Waals surface area contributed by atoms with Crippen molar-refractivity contribution in [3.8, 4) is 0 Å². The molecular weight excluding hydrogens is 174 g/mol. The number of rotatable bonds is 1. The van der Waals surface area contributed by atoms with Crippen molar-refractivity contribution in [1.82, 2.24) is 0 Å². The van der Waals surface area contributed by atoms with Gasteiger partial charge in [-0.3, -0.25) is 0 Å². The molecule has 0 heterocycles. The minimum absolute atomic E-state index is 0.0862. The first kappa shape index (κ1) is 8.27. The highest BCUT2D eigenvalue weighted by molar-refractivity contribution is 8.78. The van der Waals surface area contributed by atoms with E-state index in [9.17, 15) is 0 Å². The molecule has 2 saturated carbocycles. The molecule has 1 nitrogen and oxygen atoms in total. The van der Waals surface area contributed by atoms with Crippen LogP contribution < -0.4 is 5.73 Å². The van der Waals surface area contributed by atoms with Gasteiger partial charge in [0.2, 0.25) is 0 Å². The topological polar surface area (TPSA) is 26.0 Å². The minimum atomic E-state index is -0.0862. The van der Waals surface area contributed by atoms with Crippen LogP contribution in [0.3, 0.4) is 0 Å². The highest BCUT2D eigenvalue weighted by atomic mass is 33.1. The van der Waals surface area contributed by atoms with E-state index in [0.717, 1.165) is 17.1 Å². The Bertz CT molecular complexity index is 158. The van der Waals surface area contributed by atoms with Crippen LogP contribution in [-0.2, 0) is 0 Å². The first-order valence-corrected chi connectivity index (χ1v) is 7.38. The molecule has 0 aliphatic heterocycles. The maximum Gasteiger partial charge on any atom is 0.0180 e. The fraction of sp³-hybridized carbons (Fsp3) is 1.00. The third kappa shape index (κ3) is 1.21. The highest BCUT2D eigenvalue weighted by Gasteiger charge is 2.46. The Labute approximate surface area is 76.3 Å². The van der Waals surface area contributed by atoms with Crippen molar-refractivity contribution in [2.24, 2.45) is 17.6 Å². The van der Waals surface area contributed by atoms with E-state index < -0.39 is 0 Å². The van der Waals surface area contributed by atoms with E-state index in [1.165, 1.54) is 19.3 Å². The van der Waals surface area contributed by atoms with E-state index in [1.807, 2.05) is 0 Å². The zero-order valence-corrected chi connectivity index (χ0v) is 8.69. The van der Waals surface area contributed by atoms with Crippen LogP contribution in [0.15, 0.2) is 0 Å². The van der Waals surface area contributed by atoms with Crippen molar-refractivity contribution in [2.45, 2.75) is 30.6 Å². The van der Waals surface area contributed by atoms with Crippen LogP contribution in [0.25, 0.3) is 0 Å². The maximum atomic E-state index is 6.13. The van der Waals surface area contributed by atoms with Gasteiger partial charge in [-0.1, -0.05) is 0 Å². The molecule has 5 atom stereocenters. The standard InChI is InChI=1S/C8H17NS2/c1-11(10)8-6-3-2-5(4-6)7(8)9/h5-8,10-11H,2-4,9H2,1H3. The lowest BCUT2D eigenvalue weighted by atomic mass is 9.96. The molecule has 11 heavy (non-hydrogen) atoms. The highest BCUT2D eigenvalue weighted by Crippen LogP contribution is 2.54. The van der Waals surface area contributed by atoms with Crippen LogP contribution in [0, 0.1) is 11.8 Å². The van der Waals surface area contributed by atoms with Crippen molar-refractivity contribution in [3.63, 3.8) is 0 Å². The molecule has 0 radical (unpaired) electrons. The van der Waals surface area contributed by atoms with Gasteiger partial charge < -0.3 is 5.73 Å². The summed E-state index contributed by atoms with van der Waals surface area (Å²) in [5.74, 6) is 1.78. The second-order valence-electron chi connectivity index (χ2n) is 3.97. The van der Waals surface area contributed by atoms with Crippen LogP contribution in [0.2, 0.25) is 0 Å². The predicted molar refractivity (Wildman–Crippen MR) is 56.5 cm³/mol. The molecule has 0 aromatic heterocycles. The van der Waals surface area contributed by atoms with Gasteiger partial charge in [0.05, 0.1) is 0 Å². The van der Waals surface area contributed by atoms with Crippen molar-refractivity contribution in [1.29, 1.82) is 0 Å². The number of fused-ring (bicyclic) bond motifs is 2. The summed E-state index contributed by atoms with van der Waals surface area (Å²) in [5.41, 5.74) is 6.13. The fourth-order valence-electron chi connectivity index (χ4n) is 2.86. The van der Waals surface area contributed by atoms with Gasteiger partial charge in [0.15, 0.2) is 0 Å². The average Bonchev–Trinajstić information content (AvgIpc) is 2.44. The van der Waals surface area contributed by atoms with Gasteiger partial charge in [0, 0.05) is 11.3 Å². The van der Waals surface area contributed by atoms with E-state index >= 15 is 0 Å². The van der Waals surface area contributed by atoms with Gasteiger partial charge in [0.1, 0.15) is 0 Å². The van der Waals surface area contributed by atoms with Crippen molar-refractivity contribution in [2.75, 3.05) is 6.26 Å². The smallest absolute Gasteiger partial charge is 0.0180 e. The third-order valence-electron chi connectivity index (χ3n) is 3.37. The van der Waals surface area contributed by atoms with E-state index in [1.54, 1.807) is 0 Å². The summed E-state index contributed by atoms with van der Waals surface area (Å²) in [6.07, 6.45) is 6.47. The van der Waals surface area contributed by atoms with Crippen molar-refractivity contribution in [3.05, 3.63) is 0 Å². The number of hydrogen-bond acceptors (Lipinski definition) is 2. The molecule has 2 aliphatic carbocycles. The lowest BCUT2D eigenvalue weighted by Gasteiger charge is -2.32. The summed E-state index contributed by atoms with van der Waals surface area (Å²) in [7, 11) is -0.0862. The Balaban J connectivity index is 2.11. The monoisotopic (exact) mass is 191 g/mol. The Morgan fingerprint density at radius 3 is 2.36 bits per heavy atom. The minimum Gasteiger partial charge on any atom is -0.326 e. The molecule has 0 spiro atoms. The molecule has 3 heteroatoms. The van der Waals surface area contributed by atoms with Gasteiger partial charge in [-0.15, -0.1) is 11.7 Å². The quantitative estimate of drug-likeness (QED) is 0.426. The summed E-state index contributed by atoms with van der Waals surface area (Å²) in [6.45, 7) is 0. The average molecular weight is 191 g/mol. The number of nitrogens with two attached hydrogens (primary N) is 1. The fourth-order valence-corrected chi connectivity index (χ4v) is 5.51. The third-order valence-corrected chi connectivity index (χ3v) is 5.80. The number of hydrogen-bond donors (Lipinski definition) is 3. The molecule has 0 saturated heterocycles. The van der Waals surface area contributed by atoms with Crippen molar-refractivity contribution >= 4 is 21.6 Å². The van der Waals surface area contributed by atoms with Crippen LogP contribution >= 0.6 is 21.6 Å². The summed E-state index contributed by atoms with van der Waals surface area (Å²) in [4.78, 5) is 0. The zero-order chi connectivity index (χ0) is 8.01. The second kappa shape index (κ2) is 2.86. The Kier molecular flexibility index (Phi) is 2.15. The Morgan fingerprint density at radius 2 is 2.00 bits per heavy atom. The van der Waals surface area contributed by atoms with Gasteiger partial charge in [0.25, 0.3) is 0 Å². The molecule has 0 aromatic carbocycles. The number of thiol groups is 2. The molecule has 2 rings (SSSR count). The first-order valence-electron chi connectivity index (χ1n) is 4.37. The van der Waals surface area contributed by atoms with Crippen molar-refractivity contribution < 1.29 is 0 Å². The van der Waals surface area contributed by atoms with Crippen LogP contribution in [0.5, 0.6) is 0 Å². The molecule has 5 unspecified atom stereocenters. The van der Waals surface area contributed by atoms with Crippen LogP contribution in [0.4, 0.5) is 0 Å². The zero-order valence-electron chi connectivity index (χ0n) is 6.90. The largest absolute Gasteiger partial charge is 0.326 e. The molecule has 0 aromatic rings. The molecule has 2 aliphatic rings. The predicted octanol–water partition coefficient (Wildman–Crippen LogP) is 1.59. The molecule has 2 N–H and O–H groups in total. The summed E-state index contributed by atoms with van der Waals surface area (Å²) < 4.78 is 0. The molecule has 2 fully saturated rings. The van der Waals surface area contributed by atoms with Gasteiger partial charge in [-0.25, -0.2) is 9.93 Å². The van der Waals surface area contributed by atoms with Gasteiger partial charge in [-0.05, 0) is 37.4 Å². The lowest BCUT2D eigenvalue weighted by molar-refractivity contribution is 0.429. The van der Waals surface area contributed by atoms with E-state index in [2.05, 4.69) is 17.9 Å².